The van der Waals surface area contributed by atoms with Gasteiger partial charge >= 0.3 is 0 Å². The van der Waals surface area contributed by atoms with Crippen molar-refractivity contribution in [1.29, 1.82) is 0 Å². The molecule has 0 radical (unpaired) electrons. The van der Waals surface area contributed by atoms with Crippen LogP contribution in [0.25, 0.3) is 11.0 Å². The lowest BCUT2D eigenvalue weighted by Gasteiger charge is -2.19. The van der Waals surface area contributed by atoms with Crippen LogP contribution in [0, 0.1) is 3.57 Å². The third-order valence-electron chi connectivity index (χ3n) is 3.81. The van der Waals surface area contributed by atoms with E-state index in [-0.39, 0.29) is 0 Å². The maximum absolute atomic E-state index is 5.98. The number of anilines is 1. The Morgan fingerprint density at radius 2 is 2.00 bits per heavy atom. The van der Waals surface area contributed by atoms with E-state index in [9.17, 15) is 0 Å². The second-order valence-corrected chi connectivity index (χ2v) is 7.60. The van der Waals surface area contributed by atoms with Crippen LogP contribution in [-0.2, 0) is 6.54 Å². The minimum atomic E-state index is 0.423. The van der Waals surface area contributed by atoms with Crippen LogP contribution in [0.5, 0.6) is 11.5 Å². The molecular formula is C16H16IN5O2S. The molecule has 4 N–H and O–H groups in total. The number of halogens is 1. The maximum atomic E-state index is 5.98. The Labute approximate surface area is 162 Å². The Balaban J connectivity index is 1.78. The van der Waals surface area contributed by atoms with Gasteiger partial charge in [-0.1, -0.05) is 11.8 Å². The fourth-order valence-corrected chi connectivity index (χ4v) is 4.42. The van der Waals surface area contributed by atoms with E-state index in [1.807, 2.05) is 18.2 Å². The van der Waals surface area contributed by atoms with E-state index in [0.717, 1.165) is 30.6 Å². The van der Waals surface area contributed by atoms with Crippen LogP contribution in [0.3, 0.4) is 0 Å². The van der Waals surface area contributed by atoms with Gasteiger partial charge < -0.3 is 25.5 Å². The van der Waals surface area contributed by atoms with Gasteiger partial charge in [-0.2, -0.15) is 0 Å². The molecule has 2 aromatic heterocycles. The summed E-state index contributed by atoms with van der Waals surface area (Å²) in [6, 6.07) is 5.89. The van der Waals surface area contributed by atoms with Gasteiger partial charge in [0.15, 0.2) is 22.5 Å². The number of imidazole rings is 1. The highest BCUT2D eigenvalue weighted by Crippen LogP contribution is 2.40. The molecular weight excluding hydrogens is 453 g/mol. The molecule has 9 heteroatoms. The number of nitrogen functional groups attached to an aromatic ring is 1. The first-order valence-electron chi connectivity index (χ1n) is 7.75. The molecule has 0 bridgehead atoms. The highest BCUT2D eigenvalue weighted by Gasteiger charge is 2.19. The van der Waals surface area contributed by atoms with Crippen LogP contribution in [0.4, 0.5) is 5.82 Å². The number of aromatic nitrogens is 3. The van der Waals surface area contributed by atoms with E-state index in [1.54, 1.807) is 18.0 Å². The van der Waals surface area contributed by atoms with Crippen molar-refractivity contribution in [2.45, 2.75) is 16.6 Å². The van der Waals surface area contributed by atoms with Gasteiger partial charge in [0.25, 0.3) is 0 Å². The van der Waals surface area contributed by atoms with Crippen LogP contribution in [0.15, 0.2) is 34.4 Å². The molecule has 0 amide bonds. The number of rotatable bonds is 4. The minimum Gasteiger partial charge on any atom is -0.486 e. The number of ether oxygens (including phenoxy) is 2. The summed E-state index contributed by atoms with van der Waals surface area (Å²) in [6.45, 7) is 2.31. The number of benzene rings is 1. The Hall–Kier alpha value is -1.72. The molecule has 1 aliphatic rings. The van der Waals surface area contributed by atoms with Crippen LogP contribution >= 0.6 is 34.4 Å². The normalized spacial score (nSPS) is 13.4. The monoisotopic (exact) mass is 469 g/mol. The van der Waals surface area contributed by atoms with Crippen molar-refractivity contribution in [2.75, 3.05) is 25.5 Å². The number of hydrogen-bond donors (Lipinski definition) is 2. The van der Waals surface area contributed by atoms with Gasteiger partial charge in [-0.25, -0.2) is 9.97 Å². The number of nitrogens with zero attached hydrogens (tertiary/aromatic N) is 3. The molecule has 0 saturated carbocycles. The van der Waals surface area contributed by atoms with Crippen molar-refractivity contribution in [3.05, 3.63) is 28.0 Å². The summed E-state index contributed by atoms with van der Waals surface area (Å²) in [6.07, 6.45) is 1.69. The Morgan fingerprint density at radius 1 is 1.24 bits per heavy atom. The van der Waals surface area contributed by atoms with Gasteiger partial charge in [0.1, 0.15) is 18.7 Å². The summed E-state index contributed by atoms with van der Waals surface area (Å²) in [4.78, 5) is 9.86. The predicted molar refractivity (Wildman–Crippen MR) is 105 cm³/mol. The average Bonchev–Trinajstić information content (AvgIpc) is 2.95. The molecule has 1 aliphatic heterocycles. The summed E-state index contributed by atoms with van der Waals surface area (Å²) in [7, 11) is 0. The highest BCUT2D eigenvalue weighted by molar-refractivity contribution is 14.1. The van der Waals surface area contributed by atoms with Crippen LogP contribution in [-0.4, -0.2) is 34.3 Å². The Morgan fingerprint density at radius 3 is 2.76 bits per heavy atom. The maximum Gasteiger partial charge on any atom is 0.174 e. The molecule has 0 fully saturated rings. The summed E-state index contributed by atoms with van der Waals surface area (Å²) in [5, 5.41) is 0.828. The number of hydrogen-bond acceptors (Lipinski definition) is 7. The Bertz CT molecular complexity index is 946. The summed E-state index contributed by atoms with van der Waals surface area (Å²) >= 11 is 3.85. The first-order valence-corrected chi connectivity index (χ1v) is 9.64. The molecule has 0 saturated heterocycles. The zero-order valence-electron chi connectivity index (χ0n) is 13.2. The average molecular weight is 469 g/mol. The predicted octanol–water partition coefficient (Wildman–Crippen LogP) is 2.50. The minimum absolute atomic E-state index is 0.423. The fourth-order valence-electron chi connectivity index (χ4n) is 2.70. The molecule has 0 spiro atoms. The SMILES string of the molecule is NCCn1c(Sc2cc3c(cc2I)OCCO3)nc2c(N)nccc21. The van der Waals surface area contributed by atoms with E-state index in [1.165, 1.54) is 0 Å². The van der Waals surface area contributed by atoms with Crippen molar-refractivity contribution in [2.24, 2.45) is 5.73 Å². The van der Waals surface area contributed by atoms with Gasteiger partial charge in [-0.05, 0) is 40.8 Å². The summed E-state index contributed by atoms with van der Waals surface area (Å²) in [5.41, 5.74) is 13.4. The second-order valence-electron chi connectivity index (χ2n) is 5.43. The molecule has 1 aromatic carbocycles. The molecule has 7 nitrogen and oxygen atoms in total. The van der Waals surface area contributed by atoms with Crippen LogP contribution in [0.2, 0.25) is 0 Å². The third kappa shape index (κ3) is 3.11. The van der Waals surface area contributed by atoms with Crippen molar-refractivity contribution >= 4 is 51.2 Å². The smallest absolute Gasteiger partial charge is 0.174 e. The molecule has 0 atom stereocenters. The molecule has 3 aromatic rings. The zero-order valence-corrected chi connectivity index (χ0v) is 16.2. The van der Waals surface area contributed by atoms with Crippen LogP contribution in [0.1, 0.15) is 0 Å². The highest BCUT2D eigenvalue weighted by atomic mass is 127. The van der Waals surface area contributed by atoms with E-state index in [2.05, 4.69) is 37.1 Å². The van der Waals surface area contributed by atoms with Gasteiger partial charge in [-0.3, -0.25) is 0 Å². The van der Waals surface area contributed by atoms with E-state index >= 15 is 0 Å². The van der Waals surface area contributed by atoms with Crippen molar-refractivity contribution in [3.63, 3.8) is 0 Å². The number of nitrogens with two attached hydrogens (primary N) is 2. The third-order valence-corrected chi connectivity index (χ3v) is 6.12. The lowest BCUT2D eigenvalue weighted by atomic mass is 10.3. The molecule has 0 unspecified atom stereocenters. The van der Waals surface area contributed by atoms with Crippen molar-refractivity contribution < 1.29 is 9.47 Å². The first kappa shape index (κ1) is 16.7. The van der Waals surface area contributed by atoms with Crippen molar-refractivity contribution in [1.82, 2.24) is 14.5 Å². The van der Waals surface area contributed by atoms with Gasteiger partial charge in [0.05, 0.1) is 5.52 Å². The van der Waals surface area contributed by atoms with E-state index < -0.39 is 0 Å². The molecule has 25 heavy (non-hydrogen) atoms. The fraction of sp³-hybridized carbons (Fsp3) is 0.250. The molecule has 3 heterocycles. The zero-order chi connectivity index (χ0) is 17.4. The molecule has 130 valence electrons. The summed E-state index contributed by atoms with van der Waals surface area (Å²) < 4.78 is 14.5. The first-order chi connectivity index (χ1) is 12.2. The Kier molecular flexibility index (Phi) is 4.61. The topological polar surface area (TPSA) is 101 Å². The second kappa shape index (κ2) is 6.89. The number of pyridine rings is 1. The summed E-state index contributed by atoms with van der Waals surface area (Å²) in [5.74, 6) is 1.97. The lowest BCUT2D eigenvalue weighted by Crippen LogP contribution is -2.15. The number of fused-ring (bicyclic) bond motifs is 2. The largest absolute Gasteiger partial charge is 0.486 e. The molecule has 4 rings (SSSR count). The van der Waals surface area contributed by atoms with Gasteiger partial charge in [0, 0.05) is 27.8 Å². The quantitative estimate of drug-likeness (QED) is 0.567. The van der Waals surface area contributed by atoms with Crippen molar-refractivity contribution in [3.8, 4) is 11.5 Å². The lowest BCUT2D eigenvalue weighted by molar-refractivity contribution is 0.171. The van der Waals surface area contributed by atoms with Gasteiger partial charge in [-0.15, -0.1) is 0 Å². The van der Waals surface area contributed by atoms with E-state index in [0.29, 0.717) is 37.6 Å². The van der Waals surface area contributed by atoms with Gasteiger partial charge in [0.2, 0.25) is 0 Å². The van der Waals surface area contributed by atoms with Crippen LogP contribution < -0.4 is 20.9 Å². The standard InChI is InChI=1S/C16H16IN5O2S/c17-9-7-11-12(24-6-5-23-11)8-13(9)25-16-21-14-10(22(16)4-2-18)1-3-20-15(14)19/h1,3,7-8H,2,4-6,18H2,(H2,19,20). The molecule has 0 aliphatic carbocycles. The van der Waals surface area contributed by atoms with E-state index in [4.69, 9.17) is 20.9 Å².